The highest BCUT2D eigenvalue weighted by molar-refractivity contribution is 5.72. The van der Waals surface area contributed by atoms with Crippen LogP contribution >= 0.6 is 0 Å². The highest BCUT2D eigenvalue weighted by Crippen LogP contribution is 2.15. The van der Waals surface area contributed by atoms with Gasteiger partial charge in [-0.15, -0.1) is 0 Å². The number of rotatable bonds is 6. The Kier molecular flexibility index (Phi) is 7.07. The summed E-state index contributed by atoms with van der Waals surface area (Å²) in [6, 6.07) is 7.18. The zero-order valence-electron chi connectivity index (χ0n) is 15.1. The van der Waals surface area contributed by atoms with E-state index < -0.39 is 11.7 Å². The molecule has 0 saturated heterocycles. The van der Waals surface area contributed by atoms with E-state index in [0.29, 0.717) is 18.5 Å². The fourth-order valence-electron chi connectivity index (χ4n) is 2.33. The van der Waals surface area contributed by atoms with Crippen LogP contribution in [0.15, 0.2) is 24.3 Å². The minimum Gasteiger partial charge on any atom is -0.469 e. The molecule has 0 fully saturated rings. The number of benzene rings is 1. The lowest BCUT2D eigenvalue weighted by Crippen LogP contribution is -2.41. The molecule has 24 heavy (non-hydrogen) atoms. The van der Waals surface area contributed by atoms with Crippen LogP contribution in [0.2, 0.25) is 0 Å². The Morgan fingerprint density at radius 2 is 1.79 bits per heavy atom. The van der Waals surface area contributed by atoms with Gasteiger partial charge in [-0.2, -0.15) is 0 Å². The van der Waals surface area contributed by atoms with Crippen molar-refractivity contribution in [3.8, 4) is 0 Å². The molecule has 0 aromatic heterocycles. The SMILES string of the molecule is COC(=O)[C@@H](C)C[C@H](Cc1ccc(N)cc1)NC(=O)OC(C)(C)C. The van der Waals surface area contributed by atoms with E-state index >= 15 is 0 Å². The highest BCUT2D eigenvalue weighted by Gasteiger charge is 2.24. The summed E-state index contributed by atoms with van der Waals surface area (Å²) in [6.45, 7) is 7.19. The van der Waals surface area contributed by atoms with Crippen molar-refractivity contribution in [2.75, 3.05) is 12.8 Å². The number of nitrogens with one attached hydrogen (secondary N) is 1. The molecule has 1 rings (SSSR count). The Labute approximate surface area is 143 Å². The van der Waals surface area contributed by atoms with Gasteiger partial charge in [-0.25, -0.2) is 4.79 Å². The Hall–Kier alpha value is -2.24. The van der Waals surface area contributed by atoms with Crippen molar-refractivity contribution < 1.29 is 19.1 Å². The second kappa shape index (κ2) is 8.57. The normalized spacial score (nSPS) is 13.7. The van der Waals surface area contributed by atoms with E-state index in [-0.39, 0.29) is 17.9 Å². The number of carbonyl (C=O) groups excluding carboxylic acids is 2. The van der Waals surface area contributed by atoms with Gasteiger partial charge in [0.2, 0.25) is 0 Å². The molecule has 0 bridgehead atoms. The molecule has 0 radical (unpaired) electrons. The summed E-state index contributed by atoms with van der Waals surface area (Å²) in [6.07, 6.45) is 0.525. The number of hydrogen-bond donors (Lipinski definition) is 2. The van der Waals surface area contributed by atoms with Crippen LogP contribution in [0.3, 0.4) is 0 Å². The van der Waals surface area contributed by atoms with Gasteiger partial charge in [0.1, 0.15) is 5.60 Å². The molecule has 0 aliphatic rings. The van der Waals surface area contributed by atoms with Crippen LogP contribution in [0.5, 0.6) is 0 Å². The predicted molar refractivity (Wildman–Crippen MR) is 93.5 cm³/mol. The third-order valence-corrected chi connectivity index (χ3v) is 3.42. The number of ether oxygens (including phenoxy) is 2. The molecule has 0 heterocycles. The van der Waals surface area contributed by atoms with Gasteiger partial charge in [0, 0.05) is 11.7 Å². The van der Waals surface area contributed by atoms with Crippen LogP contribution in [-0.2, 0) is 20.7 Å². The van der Waals surface area contributed by atoms with E-state index in [1.165, 1.54) is 7.11 Å². The molecular weight excluding hydrogens is 308 g/mol. The molecule has 6 heteroatoms. The van der Waals surface area contributed by atoms with E-state index in [0.717, 1.165) is 5.56 Å². The fraction of sp³-hybridized carbons (Fsp3) is 0.556. The van der Waals surface area contributed by atoms with Gasteiger partial charge < -0.3 is 20.5 Å². The molecule has 1 aromatic rings. The number of hydrogen-bond acceptors (Lipinski definition) is 5. The van der Waals surface area contributed by atoms with Gasteiger partial charge >= 0.3 is 12.1 Å². The molecule has 134 valence electrons. The first kappa shape index (κ1) is 19.8. The lowest BCUT2D eigenvalue weighted by molar-refractivity contribution is -0.145. The first-order chi connectivity index (χ1) is 11.1. The number of nitrogen functional groups attached to an aromatic ring is 1. The predicted octanol–water partition coefficient (Wildman–Crippen LogP) is 2.90. The topological polar surface area (TPSA) is 90.6 Å². The van der Waals surface area contributed by atoms with Crippen LogP contribution in [0.4, 0.5) is 10.5 Å². The summed E-state index contributed by atoms with van der Waals surface area (Å²) < 4.78 is 10.1. The van der Waals surface area contributed by atoms with Crippen molar-refractivity contribution in [2.24, 2.45) is 5.92 Å². The van der Waals surface area contributed by atoms with Crippen molar-refractivity contribution in [3.05, 3.63) is 29.8 Å². The Bertz CT molecular complexity index is 549. The average Bonchev–Trinajstić information content (AvgIpc) is 2.46. The molecule has 0 aliphatic carbocycles. The molecule has 0 unspecified atom stereocenters. The Morgan fingerprint density at radius 1 is 1.21 bits per heavy atom. The molecule has 1 aromatic carbocycles. The van der Waals surface area contributed by atoms with E-state index in [1.54, 1.807) is 27.7 Å². The van der Waals surface area contributed by atoms with Crippen molar-refractivity contribution in [2.45, 2.75) is 52.2 Å². The maximum absolute atomic E-state index is 12.1. The highest BCUT2D eigenvalue weighted by atomic mass is 16.6. The largest absolute Gasteiger partial charge is 0.469 e. The molecule has 6 nitrogen and oxygen atoms in total. The standard InChI is InChI=1S/C18H28N2O4/c1-12(16(21)23-5)10-15(20-17(22)24-18(2,3)4)11-13-6-8-14(19)9-7-13/h6-9,12,15H,10-11,19H2,1-5H3,(H,20,22)/t12-,15+/m0/s1. The fourth-order valence-corrected chi connectivity index (χ4v) is 2.33. The van der Waals surface area contributed by atoms with Crippen LogP contribution in [0.25, 0.3) is 0 Å². The zero-order valence-corrected chi connectivity index (χ0v) is 15.1. The van der Waals surface area contributed by atoms with E-state index in [1.807, 2.05) is 24.3 Å². The summed E-state index contributed by atoms with van der Waals surface area (Å²) >= 11 is 0. The summed E-state index contributed by atoms with van der Waals surface area (Å²) in [5, 5.41) is 2.85. The number of anilines is 1. The number of alkyl carbamates (subject to hydrolysis) is 1. The van der Waals surface area contributed by atoms with Gasteiger partial charge in [-0.05, 0) is 51.3 Å². The van der Waals surface area contributed by atoms with Gasteiger partial charge in [0.15, 0.2) is 0 Å². The Balaban J connectivity index is 2.79. The molecule has 3 N–H and O–H groups in total. The third kappa shape index (κ3) is 7.35. The second-order valence-electron chi connectivity index (χ2n) is 6.95. The maximum atomic E-state index is 12.1. The molecule has 2 atom stereocenters. The maximum Gasteiger partial charge on any atom is 0.407 e. The average molecular weight is 336 g/mol. The summed E-state index contributed by atoms with van der Waals surface area (Å²) in [4.78, 5) is 23.7. The second-order valence-corrected chi connectivity index (χ2v) is 6.95. The van der Waals surface area contributed by atoms with Crippen molar-refractivity contribution in [1.29, 1.82) is 0 Å². The summed E-state index contributed by atoms with van der Waals surface area (Å²) in [5.41, 5.74) is 6.81. The van der Waals surface area contributed by atoms with Crippen molar-refractivity contribution in [3.63, 3.8) is 0 Å². The number of nitrogens with two attached hydrogens (primary N) is 1. The molecule has 0 aliphatic heterocycles. The molecular formula is C18H28N2O4. The first-order valence-electron chi connectivity index (χ1n) is 8.02. The van der Waals surface area contributed by atoms with Crippen LogP contribution < -0.4 is 11.1 Å². The minimum atomic E-state index is -0.580. The molecule has 0 spiro atoms. The quantitative estimate of drug-likeness (QED) is 0.616. The van der Waals surface area contributed by atoms with E-state index in [9.17, 15) is 9.59 Å². The van der Waals surface area contributed by atoms with Gasteiger partial charge in [-0.1, -0.05) is 19.1 Å². The monoisotopic (exact) mass is 336 g/mol. The lowest BCUT2D eigenvalue weighted by Gasteiger charge is -2.25. The number of carbonyl (C=O) groups is 2. The van der Waals surface area contributed by atoms with Crippen molar-refractivity contribution >= 4 is 17.7 Å². The van der Waals surface area contributed by atoms with Gasteiger partial charge in [-0.3, -0.25) is 4.79 Å². The first-order valence-corrected chi connectivity index (χ1v) is 8.02. The zero-order chi connectivity index (χ0) is 18.3. The van der Waals surface area contributed by atoms with Crippen LogP contribution in [0, 0.1) is 5.92 Å². The summed E-state index contributed by atoms with van der Waals surface area (Å²) in [5.74, 6) is -0.632. The Morgan fingerprint density at radius 3 is 2.29 bits per heavy atom. The summed E-state index contributed by atoms with van der Waals surface area (Å²) in [7, 11) is 1.36. The van der Waals surface area contributed by atoms with Gasteiger partial charge in [0.25, 0.3) is 0 Å². The smallest absolute Gasteiger partial charge is 0.407 e. The van der Waals surface area contributed by atoms with E-state index in [4.69, 9.17) is 15.2 Å². The third-order valence-electron chi connectivity index (χ3n) is 3.42. The number of esters is 1. The van der Waals surface area contributed by atoms with Crippen molar-refractivity contribution in [1.82, 2.24) is 5.32 Å². The molecule has 1 amide bonds. The minimum absolute atomic E-state index is 0.252. The van der Waals surface area contributed by atoms with Crippen LogP contribution in [-0.4, -0.2) is 30.8 Å². The molecule has 0 saturated carbocycles. The van der Waals surface area contributed by atoms with Crippen LogP contribution in [0.1, 0.15) is 39.7 Å². The lowest BCUT2D eigenvalue weighted by atomic mass is 9.96. The van der Waals surface area contributed by atoms with Gasteiger partial charge in [0.05, 0.1) is 13.0 Å². The van der Waals surface area contributed by atoms with E-state index in [2.05, 4.69) is 5.32 Å². The number of methoxy groups -OCH3 is 1. The number of amides is 1.